The summed E-state index contributed by atoms with van der Waals surface area (Å²) in [5.41, 5.74) is 1.33. The number of hydrogen-bond acceptors (Lipinski definition) is 10. The Balaban J connectivity index is 0.000000587. The van der Waals surface area contributed by atoms with Gasteiger partial charge in [-0.3, -0.25) is 34.2 Å². The number of anilines is 1. The number of alkyl halides is 3. The van der Waals surface area contributed by atoms with Crippen LogP contribution in [0.5, 0.6) is 0 Å². The molecule has 0 aliphatic carbocycles. The summed E-state index contributed by atoms with van der Waals surface area (Å²) in [6, 6.07) is 3.77. The second-order valence-electron chi connectivity index (χ2n) is 8.56. The number of nitrogens with zero attached hydrogens (tertiary/aromatic N) is 4. The molecular weight excluding hydrogens is 561 g/mol. The number of carboxylic acids is 2. The van der Waals surface area contributed by atoms with E-state index in [0.29, 0.717) is 17.9 Å². The molecule has 2 aliphatic heterocycles. The third-order valence-electron chi connectivity index (χ3n) is 5.68. The summed E-state index contributed by atoms with van der Waals surface area (Å²) >= 11 is 0. The lowest BCUT2D eigenvalue weighted by Crippen LogP contribution is -2.54. The number of ether oxygens (including phenoxy) is 1. The van der Waals surface area contributed by atoms with E-state index in [9.17, 15) is 37.1 Å². The lowest BCUT2D eigenvalue weighted by molar-refractivity contribution is -0.192. The van der Waals surface area contributed by atoms with E-state index in [1.807, 2.05) is 0 Å². The maximum atomic E-state index is 13.1. The van der Waals surface area contributed by atoms with Crippen molar-refractivity contribution in [3.05, 3.63) is 41.2 Å². The lowest BCUT2D eigenvalue weighted by atomic mass is 10.0. The standard InChI is InChI=1S/C21H22N6O7.C2HF3O2/c28-16-5-4-15(19(31)23-16)27-20(32)13-2-1-3-14(18(13)21(27)33)22-10-12-11-26(25-24-12)7-9-34-8-6-17(29)30;3-2(4,5)1(6)7/h1-3,11,15,22H,4-10H2,(H,29,30)(H,23,28,31);(H,6,7). The first kappa shape index (κ1) is 30.7. The summed E-state index contributed by atoms with van der Waals surface area (Å²) in [4.78, 5) is 69.9. The van der Waals surface area contributed by atoms with Gasteiger partial charge in [0.05, 0.1) is 50.0 Å². The maximum absolute atomic E-state index is 13.1. The van der Waals surface area contributed by atoms with Crippen molar-refractivity contribution < 1.29 is 56.9 Å². The first-order chi connectivity index (χ1) is 19.3. The fraction of sp³-hybridized carbons (Fsp3) is 0.391. The van der Waals surface area contributed by atoms with Gasteiger partial charge < -0.3 is 20.3 Å². The van der Waals surface area contributed by atoms with Crippen LogP contribution in [-0.4, -0.2) is 91.1 Å². The summed E-state index contributed by atoms with van der Waals surface area (Å²) in [5, 5.41) is 29.0. The highest BCUT2D eigenvalue weighted by Crippen LogP contribution is 2.32. The van der Waals surface area contributed by atoms with E-state index in [1.165, 1.54) is 6.07 Å². The Morgan fingerprint density at radius 3 is 2.46 bits per heavy atom. The minimum absolute atomic E-state index is 0.0508. The summed E-state index contributed by atoms with van der Waals surface area (Å²) in [7, 11) is 0. The van der Waals surface area contributed by atoms with Gasteiger partial charge in [0.1, 0.15) is 11.7 Å². The molecule has 0 saturated carbocycles. The van der Waals surface area contributed by atoms with Crippen LogP contribution >= 0.6 is 0 Å². The van der Waals surface area contributed by atoms with Crippen LogP contribution in [0.4, 0.5) is 18.9 Å². The maximum Gasteiger partial charge on any atom is 0.490 e. The fourth-order valence-electron chi connectivity index (χ4n) is 3.80. The Labute approximate surface area is 228 Å². The predicted octanol–water partition coefficient (Wildman–Crippen LogP) is 0.416. The van der Waals surface area contributed by atoms with Crippen molar-refractivity contribution in [1.29, 1.82) is 0 Å². The van der Waals surface area contributed by atoms with Gasteiger partial charge in [0.25, 0.3) is 11.8 Å². The van der Waals surface area contributed by atoms with Crippen LogP contribution in [0.1, 0.15) is 45.7 Å². The average molecular weight is 584 g/mol. The van der Waals surface area contributed by atoms with Crippen LogP contribution in [0.15, 0.2) is 24.4 Å². The molecular formula is C23H23F3N6O9. The van der Waals surface area contributed by atoms with Gasteiger partial charge in [-0.1, -0.05) is 11.3 Å². The van der Waals surface area contributed by atoms with Crippen LogP contribution in [0, 0.1) is 0 Å². The molecule has 1 saturated heterocycles. The van der Waals surface area contributed by atoms with Gasteiger partial charge in [0.2, 0.25) is 11.8 Å². The van der Waals surface area contributed by atoms with Crippen LogP contribution in [-0.2, 0) is 37.0 Å². The number of rotatable bonds is 10. The van der Waals surface area contributed by atoms with E-state index in [-0.39, 0.29) is 50.1 Å². The highest BCUT2D eigenvalue weighted by atomic mass is 19.4. The van der Waals surface area contributed by atoms with E-state index in [0.717, 1.165) is 4.90 Å². The second-order valence-corrected chi connectivity index (χ2v) is 8.56. The number of nitrogens with one attached hydrogen (secondary N) is 2. The third kappa shape index (κ3) is 7.84. The molecule has 1 unspecified atom stereocenters. The van der Waals surface area contributed by atoms with Crippen molar-refractivity contribution in [3.63, 3.8) is 0 Å². The lowest BCUT2D eigenvalue weighted by Gasteiger charge is -2.27. The molecule has 3 heterocycles. The highest BCUT2D eigenvalue weighted by Gasteiger charge is 2.45. The number of hydrogen-bond donors (Lipinski definition) is 4. The summed E-state index contributed by atoms with van der Waals surface area (Å²) < 4.78 is 38.5. The Hall–Kier alpha value is -4.87. The van der Waals surface area contributed by atoms with Gasteiger partial charge in [-0.2, -0.15) is 13.2 Å². The molecule has 1 fully saturated rings. The Bertz CT molecular complexity index is 1360. The molecule has 0 radical (unpaired) electrons. The van der Waals surface area contributed by atoms with Gasteiger partial charge in [-0.15, -0.1) is 5.10 Å². The molecule has 0 bridgehead atoms. The number of fused-ring (bicyclic) bond motifs is 1. The van der Waals surface area contributed by atoms with E-state index in [4.69, 9.17) is 19.7 Å². The average Bonchev–Trinajstić information content (AvgIpc) is 3.45. The number of halogens is 3. The zero-order valence-corrected chi connectivity index (χ0v) is 21.0. The summed E-state index contributed by atoms with van der Waals surface area (Å²) in [6.45, 7) is 1.00. The van der Waals surface area contributed by atoms with E-state index in [1.54, 1.807) is 23.0 Å². The molecule has 220 valence electrons. The number of imide groups is 2. The predicted molar refractivity (Wildman–Crippen MR) is 127 cm³/mol. The SMILES string of the molecule is O=C(O)C(F)(F)F.O=C(O)CCOCCn1cc(CNc2cccc3c2C(=O)N(C2CCC(=O)NC2=O)C3=O)nn1. The van der Waals surface area contributed by atoms with E-state index in [2.05, 4.69) is 20.9 Å². The van der Waals surface area contributed by atoms with Gasteiger partial charge in [0, 0.05) is 12.1 Å². The van der Waals surface area contributed by atoms with Gasteiger partial charge in [-0.05, 0) is 18.6 Å². The van der Waals surface area contributed by atoms with Crippen molar-refractivity contribution in [2.24, 2.45) is 0 Å². The number of amides is 4. The van der Waals surface area contributed by atoms with Crippen molar-refractivity contribution in [2.45, 2.75) is 44.6 Å². The van der Waals surface area contributed by atoms with Crippen molar-refractivity contribution in [1.82, 2.24) is 25.2 Å². The van der Waals surface area contributed by atoms with Crippen molar-refractivity contribution >= 4 is 41.3 Å². The number of benzene rings is 1. The third-order valence-corrected chi connectivity index (χ3v) is 5.68. The van der Waals surface area contributed by atoms with Crippen LogP contribution < -0.4 is 10.6 Å². The van der Waals surface area contributed by atoms with Crippen molar-refractivity contribution in [3.8, 4) is 0 Å². The molecule has 4 rings (SSSR count). The van der Waals surface area contributed by atoms with E-state index < -0.39 is 47.8 Å². The van der Waals surface area contributed by atoms with Crippen molar-refractivity contribution in [2.75, 3.05) is 18.5 Å². The fourth-order valence-corrected chi connectivity index (χ4v) is 3.80. The van der Waals surface area contributed by atoms with Crippen LogP contribution in [0.3, 0.4) is 0 Å². The smallest absolute Gasteiger partial charge is 0.481 e. The summed E-state index contributed by atoms with van der Waals surface area (Å²) in [5.74, 6) is -5.95. The Morgan fingerprint density at radius 2 is 1.83 bits per heavy atom. The van der Waals surface area contributed by atoms with Gasteiger partial charge in [-0.25, -0.2) is 9.48 Å². The van der Waals surface area contributed by atoms with Gasteiger partial charge >= 0.3 is 18.1 Å². The topological polar surface area (TPSA) is 210 Å². The molecule has 4 amide bonds. The molecule has 1 atom stereocenters. The molecule has 1 aromatic heterocycles. The van der Waals surface area contributed by atoms with Gasteiger partial charge in [0.15, 0.2) is 0 Å². The summed E-state index contributed by atoms with van der Waals surface area (Å²) in [6.07, 6.45) is -3.34. The molecule has 18 heteroatoms. The number of piperidine rings is 1. The quantitative estimate of drug-likeness (QED) is 0.221. The van der Waals surface area contributed by atoms with Crippen LogP contribution in [0.25, 0.3) is 0 Å². The van der Waals surface area contributed by atoms with E-state index >= 15 is 0 Å². The monoisotopic (exact) mass is 584 g/mol. The zero-order valence-electron chi connectivity index (χ0n) is 21.0. The Morgan fingerprint density at radius 1 is 1.12 bits per heavy atom. The molecule has 2 aromatic rings. The Kier molecular flexibility index (Phi) is 9.72. The first-order valence-corrected chi connectivity index (χ1v) is 11.9. The molecule has 4 N–H and O–H groups in total. The second kappa shape index (κ2) is 13.0. The normalized spacial score (nSPS) is 16.6. The first-order valence-electron chi connectivity index (χ1n) is 11.9. The number of aromatic nitrogens is 3. The molecule has 15 nitrogen and oxygen atoms in total. The molecule has 1 aromatic carbocycles. The largest absolute Gasteiger partial charge is 0.490 e. The molecule has 41 heavy (non-hydrogen) atoms. The minimum Gasteiger partial charge on any atom is -0.481 e. The van der Waals surface area contributed by atoms with Crippen LogP contribution in [0.2, 0.25) is 0 Å². The zero-order chi connectivity index (χ0) is 30.3. The molecule has 2 aliphatic rings. The number of aliphatic carboxylic acids is 2. The number of carboxylic acid groups (broad SMARTS) is 2. The highest BCUT2D eigenvalue weighted by molar-refractivity contribution is 6.25. The number of carbonyl (C=O) groups is 6. The molecule has 0 spiro atoms. The number of carbonyl (C=O) groups excluding carboxylic acids is 4. The minimum atomic E-state index is -5.08.